The summed E-state index contributed by atoms with van der Waals surface area (Å²) < 4.78 is 6.58. The first kappa shape index (κ1) is 18.3. The summed E-state index contributed by atoms with van der Waals surface area (Å²) in [4.78, 5) is 16.5. The van der Waals surface area contributed by atoms with Crippen LogP contribution in [0.2, 0.25) is 0 Å². The number of halogens is 1. The number of nitrogens with zero attached hydrogens (tertiary/aromatic N) is 2. The molecule has 0 aliphatic carbocycles. The molecular weight excluding hydrogens is 356 g/mol. The average molecular weight is 383 g/mol. The van der Waals surface area contributed by atoms with E-state index in [1.54, 1.807) is 0 Å². The molecule has 128 valence electrons. The molecular formula is C18H27BrN2O2. The molecule has 2 atom stereocenters. The number of hydrogen-bond acceptors (Lipinski definition) is 3. The van der Waals surface area contributed by atoms with Crippen molar-refractivity contribution in [1.29, 1.82) is 0 Å². The van der Waals surface area contributed by atoms with Gasteiger partial charge in [0.25, 0.3) is 0 Å². The number of amides is 1. The van der Waals surface area contributed by atoms with Crippen LogP contribution in [0.4, 0.5) is 4.79 Å². The molecule has 1 aliphatic rings. The number of piperazine rings is 1. The lowest BCUT2D eigenvalue weighted by molar-refractivity contribution is -0.000715. The number of benzene rings is 1. The fraction of sp³-hybridized carbons (Fsp3) is 0.611. The topological polar surface area (TPSA) is 32.8 Å². The predicted octanol–water partition coefficient (Wildman–Crippen LogP) is 4.45. The van der Waals surface area contributed by atoms with Crippen LogP contribution in [0.15, 0.2) is 28.7 Å². The number of hydrogen-bond donors (Lipinski definition) is 0. The molecule has 4 nitrogen and oxygen atoms in total. The van der Waals surface area contributed by atoms with E-state index in [0.29, 0.717) is 25.2 Å². The summed E-state index contributed by atoms with van der Waals surface area (Å²) in [6.45, 7) is 12.4. The summed E-state index contributed by atoms with van der Waals surface area (Å²) in [5, 5.41) is 0. The summed E-state index contributed by atoms with van der Waals surface area (Å²) in [7, 11) is 0. The zero-order valence-electron chi connectivity index (χ0n) is 14.7. The monoisotopic (exact) mass is 382 g/mol. The Balaban J connectivity index is 2.00. The molecule has 0 spiro atoms. The van der Waals surface area contributed by atoms with Crippen LogP contribution in [-0.2, 0) is 4.74 Å². The van der Waals surface area contributed by atoms with Gasteiger partial charge >= 0.3 is 6.09 Å². The second-order valence-corrected chi connectivity index (χ2v) is 8.16. The quantitative estimate of drug-likeness (QED) is 0.757. The fourth-order valence-electron chi connectivity index (χ4n) is 3.00. The fourth-order valence-corrected chi connectivity index (χ4v) is 3.41. The summed E-state index contributed by atoms with van der Waals surface area (Å²) in [6, 6.07) is 9.05. The van der Waals surface area contributed by atoms with Gasteiger partial charge < -0.3 is 9.64 Å². The van der Waals surface area contributed by atoms with Crippen molar-refractivity contribution in [1.82, 2.24) is 9.80 Å². The number of carbonyl (C=O) groups is 1. The SMILES string of the molecule is CC(c1cccc(Br)c1)N1CCN(C(=O)OC(C)(C)C)C[C@H]1C. The first-order chi connectivity index (χ1) is 10.7. The van der Waals surface area contributed by atoms with Crippen LogP contribution in [0.3, 0.4) is 0 Å². The Bertz CT molecular complexity index is 556. The maximum Gasteiger partial charge on any atom is 0.410 e. The van der Waals surface area contributed by atoms with E-state index >= 15 is 0 Å². The Hall–Kier alpha value is -1.07. The van der Waals surface area contributed by atoms with Crippen molar-refractivity contribution in [2.75, 3.05) is 19.6 Å². The van der Waals surface area contributed by atoms with E-state index in [1.807, 2.05) is 31.7 Å². The van der Waals surface area contributed by atoms with Gasteiger partial charge in [0, 0.05) is 36.2 Å². The first-order valence-electron chi connectivity index (χ1n) is 8.16. The molecule has 1 amide bonds. The van der Waals surface area contributed by atoms with Gasteiger partial charge in [-0.05, 0) is 52.3 Å². The standard InChI is InChI=1S/C18H27BrN2O2/c1-13-12-20(17(22)23-18(3,4)5)9-10-21(13)14(2)15-7-6-8-16(19)11-15/h6-8,11,13-14H,9-10,12H2,1-5H3/t13-,14?/m1/s1. The summed E-state index contributed by atoms with van der Waals surface area (Å²) in [6.07, 6.45) is -0.209. The van der Waals surface area contributed by atoms with Crippen molar-refractivity contribution in [3.05, 3.63) is 34.3 Å². The molecule has 1 aliphatic heterocycles. The van der Waals surface area contributed by atoms with Crippen LogP contribution in [0.1, 0.15) is 46.2 Å². The van der Waals surface area contributed by atoms with Crippen LogP contribution in [0.25, 0.3) is 0 Å². The second kappa shape index (κ2) is 7.22. The molecule has 23 heavy (non-hydrogen) atoms. The highest BCUT2D eigenvalue weighted by molar-refractivity contribution is 9.10. The minimum absolute atomic E-state index is 0.209. The normalized spacial score (nSPS) is 21.1. The van der Waals surface area contributed by atoms with Crippen molar-refractivity contribution >= 4 is 22.0 Å². The van der Waals surface area contributed by atoms with E-state index in [-0.39, 0.29) is 6.09 Å². The number of rotatable bonds is 2. The molecule has 1 fully saturated rings. The van der Waals surface area contributed by atoms with Crippen molar-refractivity contribution < 1.29 is 9.53 Å². The lowest BCUT2D eigenvalue weighted by atomic mass is 10.0. The van der Waals surface area contributed by atoms with Crippen molar-refractivity contribution in [2.24, 2.45) is 0 Å². The van der Waals surface area contributed by atoms with E-state index in [9.17, 15) is 4.79 Å². The third-order valence-corrected chi connectivity index (χ3v) is 4.65. The van der Waals surface area contributed by atoms with Crippen molar-refractivity contribution in [3.63, 3.8) is 0 Å². The molecule has 0 saturated carbocycles. The zero-order chi connectivity index (χ0) is 17.2. The van der Waals surface area contributed by atoms with Gasteiger partial charge in [-0.3, -0.25) is 4.90 Å². The van der Waals surface area contributed by atoms with E-state index in [0.717, 1.165) is 11.0 Å². The second-order valence-electron chi connectivity index (χ2n) is 7.24. The van der Waals surface area contributed by atoms with Gasteiger partial charge in [-0.1, -0.05) is 28.1 Å². The smallest absolute Gasteiger partial charge is 0.410 e. The molecule has 0 N–H and O–H groups in total. The Kier molecular flexibility index (Phi) is 5.74. The molecule has 1 unspecified atom stereocenters. The molecule has 0 bridgehead atoms. The summed E-state index contributed by atoms with van der Waals surface area (Å²) in [5.74, 6) is 0. The Morgan fingerprint density at radius 3 is 2.61 bits per heavy atom. The van der Waals surface area contributed by atoms with Gasteiger partial charge in [0.05, 0.1) is 0 Å². The Labute approximate surface area is 147 Å². The first-order valence-corrected chi connectivity index (χ1v) is 8.96. The van der Waals surface area contributed by atoms with Crippen LogP contribution < -0.4 is 0 Å². The molecule has 0 radical (unpaired) electrons. The minimum atomic E-state index is -0.443. The molecule has 1 aromatic rings. The summed E-state index contributed by atoms with van der Waals surface area (Å²) >= 11 is 3.54. The predicted molar refractivity (Wildman–Crippen MR) is 96.5 cm³/mol. The molecule has 5 heteroatoms. The number of ether oxygens (including phenoxy) is 1. The van der Waals surface area contributed by atoms with Crippen molar-refractivity contribution in [2.45, 2.75) is 52.3 Å². The van der Waals surface area contributed by atoms with Crippen molar-refractivity contribution in [3.8, 4) is 0 Å². The van der Waals surface area contributed by atoms with Crippen LogP contribution >= 0.6 is 15.9 Å². The lowest BCUT2D eigenvalue weighted by Crippen LogP contribution is -2.54. The van der Waals surface area contributed by atoms with E-state index in [1.165, 1.54) is 5.56 Å². The third-order valence-electron chi connectivity index (χ3n) is 4.16. The van der Waals surface area contributed by atoms with Crippen LogP contribution in [0.5, 0.6) is 0 Å². The third kappa shape index (κ3) is 4.95. The maximum absolute atomic E-state index is 12.2. The molecule has 2 rings (SSSR count). The van der Waals surface area contributed by atoms with Gasteiger partial charge in [0.2, 0.25) is 0 Å². The van der Waals surface area contributed by atoms with E-state index in [2.05, 4.69) is 52.9 Å². The number of carbonyl (C=O) groups excluding carboxylic acids is 1. The highest BCUT2D eigenvalue weighted by atomic mass is 79.9. The molecule has 0 aromatic heterocycles. The minimum Gasteiger partial charge on any atom is -0.444 e. The molecule has 1 saturated heterocycles. The van der Waals surface area contributed by atoms with E-state index < -0.39 is 5.60 Å². The largest absolute Gasteiger partial charge is 0.444 e. The van der Waals surface area contributed by atoms with Crippen LogP contribution in [0, 0.1) is 0 Å². The van der Waals surface area contributed by atoms with E-state index in [4.69, 9.17) is 4.74 Å². The van der Waals surface area contributed by atoms with Gasteiger partial charge in [0.1, 0.15) is 5.60 Å². The van der Waals surface area contributed by atoms with Gasteiger partial charge in [-0.25, -0.2) is 4.79 Å². The van der Waals surface area contributed by atoms with Gasteiger partial charge in [-0.2, -0.15) is 0 Å². The summed E-state index contributed by atoms with van der Waals surface area (Å²) in [5.41, 5.74) is 0.845. The maximum atomic E-state index is 12.2. The molecule has 1 heterocycles. The van der Waals surface area contributed by atoms with Gasteiger partial charge in [0.15, 0.2) is 0 Å². The average Bonchev–Trinajstić information content (AvgIpc) is 2.44. The Morgan fingerprint density at radius 2 is 2.04 bits per heavy atom. The molecule has 1 aromatic carbocycles. The Morgan fingerprint density at radius 1 is 1.35 bits per heavy atom. The zero-order valence-corrected chi connectivity index (χ0v) is 16.3. The van der Waals surface area contributed by atoms with Gasteiger partial charge in [-0.15, -0.1) is 0 Å². The highest BCUT2D eigenvalue weighted by Gasteiger charge is 2.32. The highest BCUT2D eigenvalue weighted by Crippen LogP contribution is 2.27. The lowest BCUT2D eigenvalue weighted by Gasteiger charge is -2.43. The van der Waals surface area contributed by atoms with Crippen LogP contribution in [-0.4, -0.2) is 47.2 Å².